The molecule has 0 aliphatic heterocycles. The van der Waals surface area contributed by atoms with E-state index in [0.29, 0.717) is 29.0 Å². The number of fused-ring (bicyclic) bond motifs is 2. The summed E-state index contributed by atoms with van der Waals surface area (Å²) in [5, 5.41) is 13.5. The molecule has 1 aromatic carbocycles. The molecular formula is C21H19N6O2P. The van der Waals surface area contributed by atoms with Crippen LogP contribution in [0.15, 0.2) is 67.1 Å². The smallest absolute Gasteiger partial charge is 0.271 e. The Kier molecular flexibility index (Phi) is 4.46. The number of pyridine rings is 1. The summed E-state index contributed by atoms with van der Waals surface area (Å²) in [6, 6.07) is 15.1. The third-order valence-corrected chi connectivity index (χ3v) is 7.10. The molecule has 0 bridgehead atoms. The molecule has 0 radical (unpaired) electrons. The van der Waals surface area contributed by atoms with Gasteiger partial charge in [-0.2, -0.15) is 9.61 Å². The fraction of sp³-hybridized carbons (Fsp3) is 0.143. The van der Waals surface area contributed by atoms with E-state index in [-0.39, 0.29) is 6.16 Å². The van der Waals surface area contributed by atoms with Gasteiger partial charge >= 0.3 is 0 Å². The maximum atomic E-state index is 12.2. The van der Waals surface area contributed by atoms with Gasteiger partial charge < -0.3 is 9.29 Å². The zero-order valence-electron chi connectivity index (χ0n) is 16.3. The van der Waals surface area contributed by atoms with Crippen LogP contribution in [-0.2, 0) is 11.0 Å². The van der Waals surface area contributed by atoms with Crippen molar-refractivity contribution in [3.8, 4) is 11.3 Å². The molecule has 1 N–H and O–H groups in total. The van der Waals surface area contributed by atoms with Gasteiger partial charge in [-0.15, -0.1) is 10.2 Å². The highest BCUT2D eigenvalue weighted by Crippen LogP contribution is 2.38. The predicted molar refractivity (Wildman–Crippen MR) is 114 cm³/mol. The second-order valence-corrected chi connectivity index (χ2v) is 9.64. The summed E-state index contributed by atoms with van der Waals surface area (Å²) in [5.41, 5.74) is 3.66. The van der Waals surface area contributed by atoms with Crippen molar-refractivity contribution in [2.45, 2.75) is 13.3 Å². The molecule has 5 aromatic rings. The van der Waals surface area contributed by atoms with Gasteiger partial charge in [0.2, 0.25) is 7.37 Å². The summed E-state index contributed by atoms with van der Waals surface area (Å²) in [6.07, 6.45) is 6.47. The molecule has 4 aromatic heterocycles. The molecule has 0 spiro atoms. The fourth-order valence-corrected chi connectivity index (χ4v) is 4.38. The maximum absolute atomic E-state index is 12.2. The largest absolute Gasteiger partial charge is 0.341 e. The highest BCUT2D eigenvalue weighted by Gasteiger charge is 2.18. The molecule has 0 aliphatic rings. The molecule has 0 aliphatic carbocycles. The van der Waals surface area contributed by atoms with E-state index in [2.05, 4.69) is 49.1 Å². The summed E-state index contributed by atoms with van der Waals surface area (Å²) in [4.78, 5) is 14.4. The maximum Gasteiger partial charge on any atom is 0.271 e. The van der Waals surface area contributed by atoms with Crippen LogP contribution in [-0.4, -0.2) is 40.3 Å². The van der Waals surface area contributed by atoms with Gasteiger partial charge in [-0.3, -0.25) is 4.57 Å². The minimum Gasteiger partial charge on any atom is -0.341 e. The average Bonchev–Trinajstić information content (AvgIpc) is 3.40. The van der Waals surface area contributed by atoms with Crippen LogP contribution >= 0.6 is 7.37 Å². The molecule has 0 saturated heterocycles. The van der Waals surface area contributed by atoms with Crippen LogP contribution in [0.3, 0.4) is 0 Å². The topological polar surface area (TPSA) is 97.7 Å². The second-order valence-electron chi connectivity index (χ2n) is 7.09. The van der Waals surface area contributed by atoms with E-state index in [1.807, 2.05) is 12.3 Å². The molecule has 30 heavy (non-hydrogen) atoms. The summed E-state index contributed by atoms with van der Waals surface area (Å²) in [5.74, 6) is 1.12. The average molecular weight is 418 g/mol. The quantitative estimate of drug-likeness (QED) is 0.441. The van der Waals surface area contributed by atoms with E-state index in [1.54, 1.807) is 41.9 Å². The van der Waals surface area contributed by atoms with Crippen LogP contribution in [0.2, 0.25) is 0 Å². The van der Waals surface area contributed by atoms with Crippen LogP contribution in [0.5, 0.6) is 0 Å². The summed E-state index contributed by atoms with van der Waals surface area (Å²) < 4.78 is 15.9. The van der Waals surface area contributed by atoms with E-state index >= 15 is 0 Å². The van der Waals surface area contributed by atoms with Crippen molar-refractivity contribution >= 4 is 24.0 Å². The molecule has 4 heterocycles. The van der Waals surface area contributed by atoms with Gasteiger partial charge in [0.05, 0.1) is 6.20 Å². The summed E-state index contributed by atoms with van der Waals surface area (Å²) >= 11 is 0. The third kappa shape index (κ3) is 3.30. The monoisotopic (exact) mass is 418 g/mol. The van der Waals surface area contributed by atoms with Crippen LogP contribution in [0.25, 0.3) is 22.6 Å². The van der Waals surface area contributed by atoms with Crippen molar-refractivity contribution in [3.63, 3.8) is 0 Å². The fourth-order valence-electron chi connectivity index (χ4n) is 3.40. The lowest BCUT2D eigenvalue weighted by Crippen LogP contribution is -2.06. The van der Waals surface area contributed by atoms with Crippen LogP contribution in [0, 0.1) is 0 Å². The second kappa shape index (κ2) is 7.16. The first-order valence-electron chi connectivity index (χ1n) is 9.59. The van der Waals surface area contributed by atoms with Gasteiger partial charge in [0.1, 0.15) is 5.69 Å². The van der Waals surface area contributed by atoms with Crippen molar-refractivity contribution in [1.29, 1.82) is 0 Å². The zero-order valence-corrected chi connectivity index (χ0v) is 17.1. The molecule has 0 saturated carbocycles. The van der Waals surface area contributed by atoms with Gasteiger partial charge in [-0.05, 0) is 35.9 Å². The molecule has 1 atom stereocenters. The molecule has 1 unspecified atom stereocenters. The van der Waals surface area contributed by atoms with Crippen LogP contribution < -0.4 is 5.30 Å². The Labute approximate surface area is 172 Å². The van der Waals surface area contributed by atoms with Gasteiger partial charge in [-0.25, -0.2) is 4.98 Å². The Morgan fingerprint density at radius 2 is 1.90 bits per heavy atom. The lowest BCUT2D eigenvalue weighted by molar-refractivity contribution is 0.491. The highest BCUT2D eigenvalue weighted by molar-refractivity contribution is 7.66. The van der Waals surface area contributed by atoms with Gasteiger partial charge in [-0.1, -0.05) is 25.1 Å². The number of nitrogens with zero attached hydrogens (tertiary/aromatic N) is 6. The van der Waals surface area contributed by atoms with Crippen molar-refractivity contribution in [1.82, 2.24) is 29.2 Å². The number of hydrogen-bond donors (Lipinski definition) is 1. The van der Waals surface area contributed by atoms with Crippen molar-refractivity contribution < 1.29 is 9.46 Å². The number of rotatable bonds is 5. The lowest BCUT2D eigenvalue weighted by atomic mass is 10.2. The van der Waals surface area contributed by atoms with E-state index in [0.717, 1.165) is 16.6 Å². The minimum absolute atomic E-state index is 0.205. The molecule has 9 heteroatoms. The Morgan fingerprint density at radius 3 is 2.70 bits per heavy atom. The van der Waals surface area contributed by atoms with Gasteiger partial charge in [0.25, 0.3) is 5.78 Å². The SMILES string of the molecule is CCP(=O)(O)c1ccc(-c2cnc3nnc(Cc4ccc5cccn5c4)n3n2)cc1. The molecule has 0 amide bonds. The normalized spacial score (nSPS) is 13.7. The van der Waals surface area contributed by atoms with E-state index in [4.69, 9.17) is 0 Å². The molecular weight excluding hydrogens is 399 g/mol. The number of benzene rings is 1. The number of hydrogen-bond acceptors (Lipinski definition) is 5. The molecule has 150 valence electrons. The van der Waals surface area contributed by atoms with Crippen molar-refractivity contribution in [2.24, 2.45) is 0 Å². The molecule has 0 fully saturated rings. The third-order valence-electron chi connectivity index (χ3n) is 5.14. The van der Waals surface area contributed by atoms with Gasteiger partial charge in [0.15, 0.2) is 5.82 Å². The Bertz CT molecular complexity index is 1410. The first kappa shape index (κ1) is 18.7. The van der Waals surface area contributed by atoms with Crippen LogP contribution in [0.1, 0.15) is 18.3 Å². The Hall–Kier alpha value is -3.35. The minimum atomic E-state index is -3.29. The van der Waals surface area contributed by atoms with E-state index in [9.17, 15) is 9.46 Å². The van der Waals surface area contributed by atoms with Gasteiger partial charge in [0, 0.05) is 41.4 Å². The lowest BCUT2D eigenvalue weighted by Gasteiger charge is -2.09. The Morgan fingerprint density at radius 1 is 1.07 bits per heavy atom. The van der Waals surface area contributed by atoms with E-state index in [1.165, 1.54) is 0 Å². The molecule has 5 rings (SSSR count). The Balaban J connectivity index is 1.49. The summed E-state index contributed by atoms with van der Waals surface area (Å²) in [6.45, 7) is 1.70. The molecule has 8 nitrogen and oxygen atoms in total. The highest BCUT2D eigenvalue weighted by atomic mass is 31.2. The van der Waals surface area contributed by atoms with E-state index < -0.39 is 7.37 Å². The summed E-state index contributed by atoms with van der Waals surface area (Å²) in [7, 11) is -3.29. The standard InChI is InChI=1S/C21H19N6O2P/c1-2-30(28,29)18-9-6-16(7-10-18)19-13-22-21-24-23-20(27(21)25-19)12-15-5-8-17-4-3-11-26(17)14-15/h3-11,13-14H,2,12H2,1H3,(H,28,29). The first-order valence-corrected chi connectivity index (χ1v) is 11.4. The van der Waals surface area contributed by atoms with Crippen molar-refractivity contribution in [2.75, 3.05) is 6.16 Å². The first-order chi connectivity index (χ1) is 14.5. The van der Waals surface area contributed by atoms with Crippen LogP contribution in [0.4, 0.5) is 0 Å². The predicted octanol–water partition coefficient (Wildman–Crippen LogP) is 2.95. The zero-order chi connectivity index (χ0) is 20.7. The van der Waals surface area contributed by atoms with Crippen molar-refractivity contribution in [3.05, 3.63) is 78.5 Å². The number of aromatic nitrogens is 6.